The minimum absolute atomic E-state index is 0.174. The summed E-state index contributed by atoms with van der Waals surface area (Å²) in [6, 6.07) is 0.283. The molecule has 1 unspecified atom stereocenters. The van der Waals surface area contributed by atoms with E-state index < -0.39 is 0 Å². The van der Waals surface area contributed by atoms with Crippen LogP contribution in [0.2, 0.25) is 0 Å². The highest BCUT2D eigenvalue weighted by atomic mass is 16.5. The first-order chi connectivity index (χ1) is 8.70. The van der Waals surface area contributed by atoms with Crippen molar-refractivity contribution < 1.29 is 14.6 Å². The van der Waals surface area contributed by atoms with Crippen molar-refractivity contribution in [3.05, 3.63) is 0 Å². The molecule has 0 aromatic carbocycles. The molecule has 0 spiro atoms. The quantitative estimate of drug-likeness (QED) is 0.774. The Hall–Kier alpha value is -0.650. The average molecular weight is 256 g/mol. The molecule has 18 heavy (non-hydrogen) atoms. The summed E-state index contributed by atoms with van der Waals surface area (Å²) < 4.78 is 5.65. The third-order valence-corrected chi connectivity index (χ3v) is 4.12. The molecule has 2 aliphatic heterocycles. The number of ether oxygens (including phenoxy) is 1. The van der Waals surface area contributed by atoms with Crippen molar-refractivity contribution in [2.75, 3.05) is 39.9 Å². The summed E-state index contributed by atoms with van der Waals surface area (Å²) in [7, 11) is 1.79. The third-order valence-electron chi connectivity index (χ3n) is 4.12. The van der Waals surface area contributed by atoms with Gasteiger partial charge in [-0.2, -0.15) is 0 Å². The molecule has 2 rings (SSSR count). The molecule has 5 heteroatoms. The lowest BCUT2D eigenvalue weighted by atomic mass is 10.0. The van der Waals surface area contributed by atoms with Gasteiger partial charge in [-0.1, -0.05) is 0 Å². The van der Waals surface area contributed by atoms with E-state index in [2.05, 4.69) is 4.90 Å². The molecule has 5 nitrogen and oxygen atoms in total. The number of nitrogens with zero attached hydrogens (tertiary/aromatic N) is 2. The SMILES string of the molecule is CN(C(=O)CO)C1CCN(CC2CCCO2)CC1. The Morgan fingerprint density at radius 2 is 2.11 bits per heavy atom. The Balaban J connectivity index is 1.72. The number of piperidine rings is 1. The molecule has 0 aliphatic carbocycles. The second kappa shape index (κ2) is 6.50. The monoisotopic (exact) mass is 256 g/mol. The Labute approximate surface area is 109 Å². The highest BCUT2D eigenvalue weighted by Gasteiger charge is 2.27. The summed E-state index contributed by atoms with van der Waals surface area (Å²) >= 11 is 0. The first-order valence-corrected chi connectivity index (χ1v) is 6.91. The van der Waals surface area contributed by atoms with Crippen LogP contribution in [0, 0.1) is 0 Å². The Morgan fingerprint density at radius 1 is 1.39 bits per heavy atom. The molecule has 2 fully saturated rings. The molecule has 1 amide bonds. The first-order valence-electron chi connectivity index (χ1n) is 6.91. The summed E-state index contributed by atoms with van der Waals surface area (Å²) in [4.78, 5) is 15.5. The van der Waals surface area contributed by atoms with Gasteiger partial charge in [0.25, 0.3) is 0 Å². The van der Waals surface area contributed by atoms with E-state index in [0.29, 0.717) is 6.10 Å². The van der Waals surface area contributed by atoms with E-state index in [1.807, 2.05) is 0 Å². The number of aliphatic hydroxyl groups is 1. The lowest BCUT2D eigenvalue weighted by Gasteiger charge is -2.37. The highest BCUT2D eigenvalue weighted by Crippen LogP contribution is 2.19. The zero-order valence-corrected chi connectivity index (χ0v) is 11.2. The second-order valence-electron chi connectivity index (χ2n) is 5.33. The fraction of sp³-hybridized carbons (Fsp3) is 0.923. The minimum atomic E-state index is -0.382. The molecule has 2 aliphatic rings. The van der Waals surface area contributed by atoms with Crippen LogP contribution < -0.4 is 0 Å². The highest BCUT2D eigenvalue weighted by molar-refractivity contribution is 5.77. The zero-order chi connectivity index (χ0) is 13.0. The van der Waals surface area contributed by atoms with Gasteiger partial charge in [-0.25, -0.2) is 0 Å². The van der Waals surface area contributed by atoms with Crippen LogP contribution in [0.1, 0.15) is 25.7 Å². The number of hydrogen-bond donors (Lipinski definition) is 1. The van der Waals surface area contributed by atoms with Crippen LogP contribution >= 0.6 is 0 Å². The molecule has 2 heterocycles. The number of carbonyl (C=O) groups excluding carboxylic acids is 1. The van der Waals surface area contributed by atoms with Crippen LogP contribution in [0.25, 0.3) is 0 Å². The minimum Gasteiger partial charge on any atom is -0.387 e. The summed E-state index contributed by atoms with van der Waals surface area (Å²) in [6.45, 7) is 3.60. The zero-order valence-electron chi connectivity index (χ0n) is 11.2. The van der Waals surface area contributed by atoms with Gasteiger partial charge in [0, 0.05) is 39.3 Å². The van der Waals surface area contributed by atoms with Crippen molar-refractivity contribution in [2.45, 2.75) is 37.8 Å². The molecule has 1 N–H and O–H groups in total. The van der Waals surface area contributed by atoms with E-state index in [1.54, 1.807) is 11.9 Å². The Kier molecular flexibility index (Phi) is 4.97. The van der Waals surface area contributed by atoms with Crippen molar-refractivity contribution in [1.29, 1.82) is 0 Å². The Bertz CT molecular complexity index is 271. The molecule has 1 atom stereocenters. The van der Waals surface area contributed by atoms with Gasteiger partial charge in [0.05, 0.1) is 6.10 Å². The first kappa shape index (κ1) is 13.8. The van der Waals surface area contributed by atoms with Crippen LogP contribution in [0.3, 0.4) is 0 Å². The maximum atomic E-state index is 11.4. The predicted octanol–water partition coefficient (Wildman–Crippen LogP) is 0.0805. The summed E-state index contributed by atoms with van der Waals surface area (Å²) in [5.41, 5.74) is 0. The van der Waals surface area contributed by atoms with Crippen LogP contribution in [0.4, 0.5) is 0 Å². The van der Waals surface area contributed by atoms with Crippen molar-refractivity contribution >= 4 is 5.91 Å². The number of likely N-dealkylation sites (tertiary alicyclic amines) is 1. The fourth-order valence-electron chi connectivity index (χ4n) is 2.88. The van der Waals surface area contributed by atoms with Gasteiger partial charge in [-0.05, 0) is 25.7 Å². The molecule has 0 aromatic heterocycles. The number of carbonyl (C=O) groups is 1. The topological polar surface area (TPSA) is 53.0 Å². The number of aliphatic hydroxyl groups excluding tert-OH is 1. The summed E-state index contributed by atoms with van der Waals surface area (Å²) in [6.07, 6.45) is 4.78. The van der Waals surface area contributed by atoms with Gasteiger partial charge in [0.15, 0.2) is 0 Å². The van der Waals surface area contributed by atoms with E-state index in [9.17, 15) is 4.79 Å². The van der Waals surface area contributed by atoms with Gasteiger partial charge in [0.2, 0.25) is 5.91 Å². The Morgan fingerprint density at radius 3 is 2.67 bits per heavy atom. The van der Waals surface area contributed by atoms with Gasteiger partial charge in [-0.15, -0.1) is 0 Å². The van der Waals surface area contributed by atoms with E-state index in [4.69, 9.17) is 9.84 Å². The van der Waals surface area contributed by atoms with Crippen molar-refractivity contribution in [1.82, 2.24) is 9.80 Å². The normalized spacial score (nSPS) is 26.4. The molecule has 0 aromatic rings. The summed E-state index contributed by atoms with van der Waals surface area (Å²) in [5.74, 6) is -0.174. The van der Waals surface area contributed by atoms with Crippen LogP contribution in [-0.2, 0) is 9.53 Å². The fourth-order valence-corrected chi connectivity index (χ4v) is 2.88. The van der Waals surface area contributed by atoms with Gasteiger partial charge < -0.3 is 19.6 Å². The third kappa shape index (κ3) is 3.43. The van der Waals surface area contributed by atoms with E-state index in [1.165, 1.54) is 12.8 Å². The van der Waals surface area contributed by atoms with E-state index in [0.717, 1.165) is 39.1 Å². The molecule has 2 saturated heterocycles. The molecule has 104 valence electrons. The summed E-state index contributed by atoms with van der Waals surface area (Å²) in [5, 5.41) is 8.86. The number of amides is 1. The second-order valence-corrected chi connectivity index (χ2v) is 5.33. The van der Waals surface area contributed by atoms with Crippen molar-refractivity contribution in [3.63, 3.8) is 0 Å². The average Bonchev–Trinajstić information content (AvgIpc) is 2.91. The molecular formula is C13H24N2O3. The van der Waals surface area contributed by atoms with E-state index >= 15 is 0 Å². The van der Waals surface area contributed by atoms with E-state index in [-0.39, 0.29) is 18.6 Å². The predicted molar refractivity (Wildman–Crippen MR) is 68.3 cm³/mol. The van der Waals surface area contributed by atoms with Crippen molar-refractivity contribution in [2.24, 2.45) is 0 Å². The smallest absolute Gasteiger partial charge is 0.248 e. The maximum Gasteiger partial charge on any atom is 0.248 e. The lowest BCUT2D eigenvalue weighted by Crippen LogP contribution is -2.47. The largest absolute Gasteiger partial charge is 0.387 e. The number of rotatable bonds is 4. The molecule has 0 bridgehead atoms. The van der Waals surface area contributed by atoms with Gasteiger partial charge in [0.1, 0.15) is 6.61 Å². The van der Waals surface area contributed by atoms with Crippen LogP contribution in [0.5, 0.6) is 0 Å². The molecule has 0 saturated carbocycles. The molecule has 0 radical (unpaired) electrons. The standard InChI is InChI=1S/C13H24N2O3/c1-14(13(17)10-16)11-4-6-15(7-5-11)9-12-3-2-8-18-12/h11-12,16H,2-10H2,1H3. The van der Waals surface area contributed by atoms with Gasteiger partial charge >= 0.3 is 0 Å². The lowest BCUT2D eigenvalue weighted by molar-refractivity contribution is -0.135. The molecular weight excluding hydrogens is 232 g/mol. The number of hydrogen-bond acceptors (Lipinski definition) is 4. The van der Waals surface area contributed by atoms with Crippen molar-refractivity contribution in [3.8, 4) is 0 Å². The number of likely N-dealkylation sites (N-methyl/N-ethyl adjacent to an activating group) is 1. The van der Waals surface area contributed by atoms with Crippen LogP contribution in [0.15, 0.2) is 0 Å². The van der Waals surface area contributed by atoms with Crippen LogP contribution in [-0.4, -0.2) is 72.9 Å². The van der Waals surface area contributed by atoms with Gasteiger partial charge in [-0.3, -0.25) is 4.79 Å². The maximum absolute atomic E-state index is 11.4.